The monoisotopic (exact) mass is 311 g/mol. The molecule has 5 heteroatoms. The Hall–Kier alpha value is -0.910. The summed E-state index contributed by atoms with van der Waals surface area (Å²) in [5, 5.41) is 13.3. The van der Waals surface area contributed by atoms with Gasteiger partial charge in [-0.05, 0) is 29.9 Å². The molecule has 1 saturated heterocycles. The van der Waals surface area contributed by atoms with Gasteiger partial charge in [-0.2, -0.15) is 0 Å². The Balaban J connectivity index is 1.84. The first-order valence-electron chi connectivity index (χ1n) is 7.56. The van der Waals surface area contributed by atoms with E-state index in [2.05, 4.69) is 31.3 Å². The van der Waals surface area contributed by atoms with Gasteiger partial charge in [0.1, 0.15) is 0 Å². The Morgan fingerprint density at radius 2 is 1.95 bits per heavy atom. The average molecular weight is 311 g/mol. The second kappa shape index (κ2) is 6.90. The molecule has 1 aromatic carbocycles. The molecule has 1 fully saturated rings. The minimum Gasteiger partial charge on any atom is -0.387 e. The van der Waals surface area contributed by atoms with Crippen molar-refractivity contribution in [2.24, 2.45) is 5.92 Å². The fourth-order valence-electron chi connectivity index (χ4n) is 2.70. The third-order valence-electron chi connectivity index (χ3n) is 3.84. The number of aliphatic hydroxyl groups excluding tert-OH is 1. The van der Waals surface area contributed by atoms with E-state index in [1.54, 1.807) is 0 Å². The molecule has 1 aromatic rings. The van der Waals surface area contributed by atoms with E-state index in [1.807, 2.05) is 12.1 Å². The largest absolute Gasteiger partial charge is 0.387 e. The highest BCUT2D eigenvalue weighted by atomic mass is 32.2. The summed E-state index contributed by atoms with van der Waals surface area (Å²) < 4.78 is 22.8. The number of hydrogen-bond donors (Lipinski definition) is 2. The lowest BCUT2D eigenvalue weighted by Crippen LogP contribution is -2.33. The van der Waals surface area contributed by atoms with Crippen molar-refractivity contribution in [3.8, 4) is 0 Å². The Labute approximate surface area is 127 Å². The summed E-state index contributed by atoms with van der Waals surface area (Å²) in [4.78, 5) is 0. The van der Waals surface area contributed by atoms with Gasteiger partial charge in [-0.15, -0.1) is 0 Å². The summed E-state index contributed by atoms with van der Waals surface area (Å²) in [6, 6.07) is 7.99. The molecule has 21 heavy (non-hydrogen) atoms. The third kappa shape index (κ3) is 5.09. The molecular weight excluding hydrogens is 286 g/mol. The molecule has 2 atom stereocenters. The molecule has 2 N–H and O–H groups in total. The first-order valence-corrected chi connectivity index (χ1v) is 9.38. The van der Waals surface area contributed by atoms with Crippen molar-refractivity contribution in [1.82, 2.24) is 5.32 Å². The predicted molar refractivity (Wildman–Crippen MR) is 85.0 cm³/mol. The summed E-state index contributed by atoms with van der Waals surface area (Å²) in [5.74, 6) is 1.06. The Kier molecular flexibility index (Phi) is 5.41. The quantitative estimate of drug-likeness (QED) is 0.839. The molecule has 0 aromatic heterocycles. The summed E-state index contributed by atoms with van der Waals surface area (Å²) in [6.45, 7) is 4.76. The first kappa shape index (κ1) is 16.5. The van der Waals surface area contributed by atoms with Crippen LogP contribution in [0.15, 0.2) is 24.3 Å². The molecule has 0 bridgehead atoms. The molecule has 0 spiro atoms. The summed E-state index contributed by atoms with van der Waals surface area (Å²) in [5.41, 5.74) is 2.15. The number of nitrogens with one attached hydrogen (secondary N) is 1. The van der Waals surface area contributed by atoms with Crippen molar-refractivity contribution < 1.29 is 13.5 Å². The Bertz CT molecular complexity index is 551. The van der Waals surface area contributed by atoms with Gasteiger partial charge >= 0.3 is 0 Å². The highest BCUT2D eigenvalue weighted by molar-refractivity contribution is 7.91. The van der Waals surface area contributed by atoms with Crippen LogP contribution in [0.1, 0.15) is 37.5 Å². The molecular formula is C16H25NO3S. The highest BCUT2D eigenvalue weighted by Crippen LogP contribution is 2.17. The van der Waals surface area contributed by atoms with Crippen LogP contribution in [-0.4, -0.2) is 37.6 Å². The number of sulfone groups is 1. The minimum absolute atomic E-state index is 0.0233. The molecule has 0 aliphatic carbocycles. The smallest absolute Gasteiger partial charge is 0.151 e. The summed E-state index contributed by atoms with van der Waals surface area (Å²) in [7, 11) is -2.87. The summed E-state index contributed by atoms with van der Waals surface area (Å²) in [6.07, 6.45) is 1.08. The normalized spacial score (nSPS) is 22.6. The fourth-order valence-corrected chi connectivity index (χ4v) is 4.41. The lowest BCUT2D eigenvalue weighted by atomic mass is 10.00. The number of rotatable bonds is 6. The molecule has 4 nitrogen and oxygen atoms in total. The molecule has 0 radical (unpaired) electrons. The van der Waals surface area contributed by atoms with Gasteiger partial charge in [0, 0.05) is 12.6 Å². The van der Waals surface area contributed by atoms with Crippen molar-refractivity contribution in [3.05, 3.63) is 35.4 Å². The highest BCUT2D eigenvalue weighted by Gasteiger charge is 2.27. The van der Waals surface area contributed by atoms with Crippen molar-refractivity contribution in [3.63, 3.8) is 0 Å². The minimum atomic E-state index is -2.87. The fraction of sp³-hybridized carbons (Fsp3) is 0.625. The molecule has 0 amide bonds. The topological polar surface area (TPSA) is 66.4 Å². The van der Waals surface area contributed by atoms with Crippen LogP contribution in [-0.2, 0) is 16.3 Å². The van der Waals surface area contributed by atoms with E-state index in [9.17, 15) is 13.5 Å². The van der Waals surface area contributed by atoms with Gasteiger partial charge in [0.15, 0.2) is 9.84 Å². The van der Waals surface area contributed by atoms with Crippen LogP contribution in [0.2, 0.25) is 0 Å². The Morgan fingerprint density at radius 3 is 2.48 bits per heavy atom. The Morgan fingerprint density at radius 1 is 1.29 bits per heavy atom. The predicted octanol–water partition coefficient (Wildman–Crippen LogP) is 1.70. The maximum atomic E-state index is 11.4. The van der Waals surface area contributed by atoms with Crippen molar-refractivity contribution >= 4 is 9.84 Å². The molecule has 1 aliphatic heterocycles. The van der Waals surface area contributed by atoms with Crippen molar-refractivity contribution in [2.45, 2.75) is 38.8 Å². The second-order valence-electron chi connectivity index (χ2n) is 6.36. The standard InChI is InChI=1S/C16H25NO3S/c1-12(2)9-13-3-5-14(6-4-13)16(18)10-17-15-7-8-21(19,20)11-15/h3-6,12,15-18H,7-11H2,1-2H3. The van der Waals surface area contributed by atoms with E-state index >= 15 is 0 Å². The lowest BCUT2D eigenvalue weighted by molar-refractivity contribution is 0.171. The van der Waals surface area contributed by atoms with Crippen LogP contribution >= 0.6 is 0 Å². The van der Waals surface area contributed by atoms with E-state index in [1.165, 1.54) is 5.56 Å². The zero-order valence-electron chi connectivity index (χ0n) is 12.7. The maximum Gasteiger partial charge on any atom is 0.151 e. The number of benzene rings is 1. The van der Waals surface area contributed by atoms with Crippen LogP contribution in [0, 0.1) is 5.92 Å². The van der Waals surface area contributed by atoms with Crippen LogP contribution in [0.4, 0.5) is 0 Å². The van der Waals surface area contributed by atoms with Gasteiger partial charge in [0.25, 0.3) is 0 Å². The molecule has 0 saturated carbocycles. The van der Waals surface area contributed by atoms with Crippen LogP contribution in [0.3, 0.4) is 0 Å². The van der Waals surface area contributed by atoms with Gasteiger partial charge in [-0.25, -0.2) is 8.42 Å². The average Bonchev–Trinajstić information content (AvgIpc) is 2.76. The van der Waals surface area contributed by atoms with Crippen LogP contribution < -0.4 is 5.32 Å². The second-order valence-corrected chi connectivity index (χ2v) is 8.59. The van der Waals surface area contributed by atoms with Crippen molar-refractivity contribution in [1.29, 1.82) is 0 Å². The SMILES string of the molecule is CC(C)Cc1ccc(C(O)CNC2CCS(=O)(=O)C2)cc1. The first-order chi connectivity index (χ1) is 9.85. The van der Waals surface area contributed by atoms with E-state index in [0.29, 0.717) is 18.9 Å². The van der Waals surface area contributed by atoms with Crippen LogP contribution in [0.5, 0.6) is 0 Å². The van der Waals surface area contributed by atoms with Gasteiger partial charge in [-0.3, -0.25) is 0 Å². The third-order valence-corrected chi connectivity index (χ3v) is 5.61. The van der Waals surface area contributed by atoms with Gasteiger partial charge in [-0.1, -0.05) is 38.1 Å². The maximum absolute atomic E-state index is 11.4. The lowest BCUT2D eigenvalue weighted by Gasteiger charge is -2.16. The van der Waals surface area contributed by atoms with E-state index in [4.69, 9.17) is 0 Å². The van der Waals surface area contributed by atoms with Gasteiger partial charge in [0.05, 0.1) is 17.6 Å². The zero-order valence-corrected chi connectivity index (χ0v) is 13.6. The zero-order chi connectivity index (χ0) is 15.5. The van der Waals surface area contributed by atoms with Crippen LogP contribution in [0.25, 0.3) is 0 Å². The van der Waals surface area contributed by atoms with Gasteiger partial charge in [0.2, 0.25) is 0 Å². The number of hydrogen-bond acceptors (Lipinski definition) is 4. The van der Waals surface area contributed by atoms with E-state index in [-0.39, 0.29) is 17.5 Å². The molecule has 1 aliphatic rings. The molecule has 118 valence electrons. The van der Waals surface area contributed by atoms with E-state index < -0.39 is 15.9 Å². The molecule has 2 rings (SSSR count). The molecule has 1 heterocycles. The summed E-state index contributed by atoms with van der Waals surface area (Å²) >= 11 is 0. The van der Waals surface area contributed by atoms with Gasteiger partial charge < -0.3 is 10.4 Å². The van der Waals surface area contributed by atoms with E-state index in [0.717, 1.165) is 12.0 Å². The van der Waals surface area contributed by atoms with Crippen molar-refractivity contribution in [2.75, 3.05) is 18.1 Å². The molecule has 2 unspecified atom stereocenters. The number of aliphatic hydroxyl groups is 1.